The van der Waals surface area contributed by atoms with Crippen molar-refractivity contribution in [2.75, 3.05) is 6.61 Å². The molecule has 0 fully saturated rings. The zero-order valence-corrected chi connectivity index (χ0v) is 15.8. The highest BCUT2D eigenvalue weighted by Gasteiger charge is 2.18. The second-order valence-corrected chi connectivity index (χ2v) is 6.30. The van der Waals surface area contributed by atoms with E-state index >= 15 is 0 Å². The van der Waals surface area contributed by atoms with Crippen LogP contribution in [0.3, 0.4) is 0 Å². The van der Waals surface area contributed by atoms with Crippen LogP contribution >= 0.6 is 0 Å². The Bertz CT molecular complexity index is 941. The average Bonchev–Trinajstić information content (AvgIpc) is 2.76. The Morgan fingerprint density at radius 3 is 2.00 bits per heavy atom. The molecule has 0 atom stereocenters. The van der Waals surface area contributed by atoms with Gasteiger partial charge in [-0.05, 0) is 29.3 Å². The zero-order valence-electron chi connectivity index (χ0n) is 15.8. The molecule has 30 heavy (non-hydrogen) atoms. The van der Waals surface area contributed by atoms with E-state index in [-0.39, 0.29) is 11.3 Å². The largest absolute Gasteiger partial charge is 0.452 e. The molecule has 0 aliphatic carbocycles. The molecule has 0 aliphatic heterocycles. The topological polar surface area (TPSA) is 64.6 Å². The number of hydrogen-bond donors (Lipinski definition) is 1. The van der Waals surface area contributed by atoms with Gasteiger partial charge in [-0.3, -0.25) is 4.79 Å². The highest BCUT2D eigenvalue weighted by molar-refractivity contribution is 5.91. The monoisotopic (exact) mass is 411 g/mol. The molecule has 1 N–H and O–H groups in total. The van der Waals surface area contributed by atoms with Crippen molar-refractivity contribution in [3.8, 4) is 5.75 Å². The van der Waals surface area contributed by atoms with Gasteiger partial charge < -0.3 is 14.8 Å². The molecular weight excluding hydrogens is 392 g/mol. The molecule has 1 amide bonds. The summed E-state index contributed by atoms with van der Waals surface area (Å²) in [6, 6.07) is 23.5. The van der Waals surface area contributed by atoms with Crippen molar-refractivity contribution in [2.45, 2.75) is 12.7 Å². The van der Waals surface area contributed by atoms with Crippen LogP contribution in [0.25, 0.3) is 0 Å². The maximum Gasteiger partial charge on any atom is 0.387 e. The molecule has 0 bridgehead atoms. The Balaban J connectivity index is 1.64. The summed E-state index contributed by atoms with van der Waals surface area (Å²) in [4.78, 5) is 24.6. The van der Waals surface area contributed by atoms with Crippen LogP contribution in [0.1, 0.15) is 27.5 Å². The van der Waals surface area contributed by atoms with Gasteiger partial charge in [0.15, 0.2) is 6.61 Å². The lowest BCUT2D eigenvalue weighted by molar-refractivity contribution is -0.124. The maximum atomic E-state index is 12.4. The molecule has 0 spiro atoms. The van der Waals surface area contributed by atoms with E-state index in [0.29, 0.717) is 0 Å². The van der Waals surface area contributed by atoms with Gasteiger partial charge in [0.1, 0.15) is 5.75 Å². The Kier molecular flexibility index (Phi) is 7.10. The van der Waals surface area contributed by atoms with E-state index in [2.05, 4.69) is 10.1 Å². The van der Waals surface area contributed by atoms with E-state index < -0.39 is 31.1 Å². The van der Waals surface area contributed by atoms with Crippen molar-refractivity contribution in [2.24, 2.45) is 0 Å². The third kappa shape index (κ3) is 5.88. The lowest BCUT2D eigenvalue weighted by Crippen LogP contribution is -2.33. The van der Waals surface area contributed by atoms with Crippen molar-refractivity contribution in [1.82, 2.24) is 5.32 Å². The number of rotatable bonds is 8. The summed E-state index contributed by atoms with van der Waals surface area (Å²) in [5.41, 5.74) is 1.75. The fraction of sp³-hybridized carbons (Fsp3) is 0.130. The van der Waals surface area contributed by atoms with Gasteiger partial charge in [0.2, 0.25) is 0 Å². The Morgan fingerprint density at radius 2 is 1.43 bits per heavy atom. The van der Waals surface area contributed by atoms with E-state index in [1.807, 2.05) is 60.7 Å². The number of benzene rings is 3. The Hall–Kier alpha value is -3.74. The second-order valence-electron chi connectivity index (χ2n) is 6.30. The van der Waals surface area contributed by atoms with Crippen LogP contribution in [0.15, 0.2) is 84.9 Å². The minimum absolute atomic E-state index is 0.00335. The molecule has 0 saturated heterocycles. The quantitative estimate of drug-likeness (QED) is 0.560. The summed E-state index contributed by atoms with van der Waals surface area (Å²) < 4.78 is 33.9. The highest BCUT2D eigenvalue weighted by Crippen LogP contribution is 2.22. The van der Waals surface area contributed by atoms with Crippen LogP contribution in [-0.2, 0) is 9.53 Å². The summed E-state index contributed by atoms with van der Waals surface area (Å²) >= 11 is 0. The summed E-state index contributed by atoms with van der Waals surface area (Å²) in [5.74, 6) is -1.49. The Morgan fingerprint density at radius 1 is 0.833 bits per heavy atom. The number of ether oxygens (including phenoxy) is 2. The van der Waals surface area contributed by atoms with Crippen molar-refractivity contribution < 1.29 is 27.8 Å². The van der Waals surface area contributed by atoms with Crippen molar-refractivity contribution in [3.63, 3.8) is 0 Å². The van der Waals surface area contributed by atoms with Crippen LogP contribution in [0, 0.1) is 0 Å². The van der Waals surface area contributed by atoms with Crippen LogP contribution in [0.4, 0.5) is 8.78 Å². The summed E-state index contributed by atoms with van der Waals surface area (Å²) in [6.07, 6.45) is 0. The van der Waals surface area contributed by atoms with Gasteiger partial charge in [0.25, 0.3) is 5.91 Å². The van der Waals surface area contributed by atoms with Gasteiger partial charge in [-0.2, -0.15) is 8.78 Å². The summed E-state index contributed by atoms with van der Waals surface area (Å²) in [6.45, 7) is -3.52. The molecule has 0 aromatic heterocycles. The number of carbonyl (C=O) groups excluding carboxylic acids is 2. The molecular formula is C23H19F2NO4. The molecule has 0 unspecified atom stereocenters. The number of nitrogens with one attached hydrogen (secondary N) is 1. The molecule has 3 rings (SSSR count). The van der Waals surface area contributed by atoms with Gasteiger partial charge in [-0.1, -0.05) is 66.7 Å². The minimum atomic E-state index is -3.00. The van der Waals surface area contributed by atoms with Gasteiger partial charge in [0.05, 0.1) is 11.6 Å². The SMILES string of the molecule is O=C(COC(=O)c1cccc(OC(F)F)c1)NC(c1ccccc1)c1ccccc1. The first-order valence-electron chi connectivity index (χ1n) is 9.14. The van der Waals surface area contributed by atoms with Crippen LogP contribution in [0.2, 0.25) is 0 Å². The number of amides is 1. The van der Waals surface area contributed by atoms with E-state index in [9.17, 15) is 18.4 Å². The number of carbonyl (C=O) groups is 2. The van der Waals surface area contributed by atoms with Crippen LogP contribution < -0.4 is 10.1 Å². The molecule has 154 valence electrons. The summed E-state index contributed by atoms with van der Waals surface area (Å²) in [7, 11) is 0. The van der Waals surface area contributed by atoms with Crippen LogP contribution in [0.5, 0.6) is 5.75 Å². The maximum absolute atomic E-state index is 12.4. The lowest BCUT2D eigenvalue weighted by atomic mass is 9.99. The molecule has 0 radical (unpaired) electrons. The molecule has 7 heteroatoms. The second kappa shape index (κ2) is 10.2. The molecule has 3 aromatic carbocycles. The first kappa shape index (κ1) is 21.0. The zero-order chi connectivity index (χ0) is 21.3. The van der Waals surface area contributed by atoms with Crippen molar-refractivity contribution in [1.29, 1.82) is 0 Å². The standard InChI is InChI=1S/C23H19F2NO4/c24-23(25)30-19-13-7-12-18(14-19)22(28)29-15-20(27)26-21(16-8-3-1-4-9-16)17-10-5-2-6-11-17/h1-14,21,23H,15H2,(H,26,27). The first-order chi connectivity index (χ1) is 14.5. The van der Waals surface area contributed by atoms with Crippen LogP contribution in [-0.4, -0.2) is 25.1 Å². The number of alkyl halides is 2. The third-order valence-electron chi connectivity index (χ3n) is 4.20. The fourth-order valence-corrected chi connectivity index (χ4v) is 2.87. The molecule has 0 saturated carbocycles. The normalized spacial score (nSPS) is 10.7. The molecule has 3 aromatic rings. The van der Waals surface area contributed by atoms with Gasteiger partial charge in [-0.15, -0.1) is 0 Å². The van der Waals surface area contributed by atoms with E-state index in [4.69, 9.17) is 4.74 Å². The highest BCUT2D eigenvalue weighted by atomic mass is 19.3. The van der Waals surface area contributed by atoms with E-state index in [0.717, 1.165) is 17.2 Å². The number of esters is 1. The van der Waals surface area contributed by atoms with Crippen molar-refractivity contribution in [3.05, 3.63) is 102 Å². The molecule has 0 aliphatic rings. The number of hydrogen-bond acceptors (Lipinski definition) is 4. The summed E-state index contributed by atoms with van der Waals surface area (Å²) in [5, 5.41) is 2.85. The third-order valence-corrected chi connectivity index (χ3v) is 4.20. The van der Waals surface area contributed by atoms with Gasteiger partial charge in [0, 0.05) is 0 Å². The first-order valence-corrected chi connectivity index (χ1v) is 9.14. The predicted molar refractivity (Wildman–Crippen MR) is 106 cm³/mol. The van der Waals surface area contributed by atoms with Crippen molar-refractivity contribution >= 4 is 11.9 Å². The van der Waals surface area contributed by atoms with Gasteiger partial charge >= 0.3 is 12.6 Å². The van der Waals surface area contributed by atoms with Gasteiger partial charge in [-0.25, -0.2) is 4.79 Å². The number of halogens is 2. The van der Waals surface area contributed by atoms with E-state index in [1.54, 1.807) is 0 Å². The minimum Gasteiger partial charge on any atom is -0.452 e. The smallest absolute Gasteiger partial charge is 0.387 e. The fourth-order valence-electron chi connectivity index (χ4n) is 2.87. The lowest BCUT2D eigenvalue weighted by Gasteiger charge is -2.20. The average molecular weight is 411 g/mol. The molecule has 0 heterocycles. The van der Waals surface area contributed by atoms with E-state index in [1.165, 1.54) is 18.2 Å². The predicted octanol–water partition coefficient (Wildman–Crippen LogP) is 4.35. The molecule has 5 nitrogen and oxygen atoms in total. The Labute approximate surface area is 172 Å².